The molecule has 0 saturated carbocycles. The summed E-state index contributed by atoms with van der Waals surface area (Å²) in [6, 6.07) is 15.9. The largest absolute Gasteiger partial charge is 0.382 e. The van der Waals surface area contributed by atoms with Crippen molar-refractivity contribution in [3.8, 4) is 0 Å². The lowest BCUT2D eigenvalue weighted by atomic mass is 10.0. The number of nitrogens with zero attached hydrogens (tertiary/aromatic N) is 3. The van der Waals surface area contributed by atoms with Crippen LogP contribution < -0.4 is 5.32 Å². The van der Waals surface area contributed by atoms with Gasteiger partial charge in [0.2, 0.25) is 11.2 Å². The minimum absolute atomic E-state index is 0.269. The number of amides is 1. The molecule has 0 radical (unpaired) electrons. The van der Waals surface area contributed by atoms with Crippen LogP contribution in [0.4, 0.5) is 9.52 Å². The van der Waals surface area contributed by atoms with Gasteiger partial charge in [0.05, 0.1) is 5.71 Å². The van der Waals surface area contributed by atoms with Gasteiger partial charge >= 0.3 is 0 Å². The van der Waals surface area contributed by atoms with Crippen molar-refractivity contribution in [3.05, 3.63) is 76.5 Å². The molecule has 1 unspecified atom stereocenters. The van der Waals surface area contributed by atoms with Crippen LogP contribution in [-0.2, 0) is 16.1 Å². The van der Waals surface area contributed by atoms with Gasteiger partial charge in [0, 0.05) is 18.4 Å². The van der Waals surface area contributed by atoms with E-state index in [0.717, 1.165) is 10.6 Å². The van der Waals surface area contributed by atoms with Gasteiger partial charge in [-0.15, -0.1) is 10.2 Å². The first-order valence-electron chi connectivity index (χ1n) is 8.33. The van der Waals surface area contributed by atoms with Crippen LogP contribution in [0, 0.1) is 5.82 Å². The van der Waals surface area contributed by atoms with Crippen LogP contribution in [0.3, 0.4) is 0 Å². The monoisotopic (exact) mass is 382 g/mol. The van der Waals surface area contributed by atoms with Gasteiger partial charge in [-0.05, 0) is 17.7 Å². The van der Waals surface area contributed by atoms with Gasteiger partial charge in [-0.25, -0.2) is 4.39 Å². The third-order valence-electron chi connectivity index (χ3n) is 4.01. The Morgan fingerprint density at radius 2 is 2.04 bits per heavy atom. The predicted molar refractivity (Wildman–Crippen MR) is 100 cm³/mol. The van der Waals surface area contributed by atoms with Gasteiger partial charge in [0.25, 0.3) is 5.91 Å². The summed E-state index contributed by atoms with van der Waals surface area (Å²) in [7, 11) is 0. The fourth-order valence-electron chi connectivity index (χ4n) is 2.69. The van der Waals surface area contributed by atoms with Gasteiger partial charge in [-0.1, -0.05) is 59.0 Å². The summed E-state index contributed by atoms with van der Waals surface area (Å²) in [5.74, 6) is -0.713. The smallest absolute Gasteiger partial charge is 0.270 e. The Morgan fingerprint density at radius 3 is 2.85 bits per heavy atom. The number of carbonyl (C=O) groups excluding carboxylic acids is 1. The van der Waals surface area contributed by atoms with E-state index in [1.807, 2.05) is 30.3 Å². The molecular weight excluding hydrogens is 367 g/mol. The first-order valence-corrected chi connectivity index (χ1v) is 9.15. The van der Waals surface area contributed by atoms with Crippen LogP contribution in [0.2, 0.25) is 0 Å². The number of hydrogen-bond donors (Lipinski definition) is 1. The Bertz CT molecular complexity index is 990. The van der Waals surface area contributed by atoms with E-state index >= 15 is 0 Å². The molecule has 0 aliphatic carbocycles. The van der Waals surface area contributed by atoms with Gasteiger partial charge in [0.15, 0.2) is 0 Å². The first kappa shape index (κ1) is 17.3. The second kappa shape index (κ2) is 7.63. The highest BCUT2D eigenvalue weighted by Gasteiger charge is 2.29. The average molecular weight is 382 g/mol. The summed E-state index contributed by atoms with van der Waals surface area (Å²) < 4.78 is 13.3. The van der Waals surface area contributed by atoms with E-state index in [1.54, 1.807) is 12.1 Å². The molecule has 0 saturated heterocycles. The van der Waals surface area contributed by atoms with Crippen molar-refractivity contribution in [1.82, 2.24) is 10.2 Å². The lowest BCUT2D eigenvalue weighted by molar-refractivity contribution is -0.125. The summed E-state index contributed by atoms with van der Waals surface area (Å²) in [5, 5.41) is 15.9. The van der Waals surface area contributed by atoms with E-state index in [1.165, 1.54) is 23.5 Å². The summed E-state index contributed by atoms with van der Waals surface area (Å²) in [6.07, 6.45) is 0.149. The molecule has 27 heavy (non-hydrogen) atoms. The molecule has 1 aliphatic heterocycles. The van der Waals surface area contributed by atoms with Crippen molar-refractivity contribution in [2.45, 2.75) is 18.9 Å². The lowest BCUT2D eigenvalue weighted by Crippen LogP contribution is -2.28. The van der Waals surface area contributed by atoms with Crippen LogP contribution in [0.25, 0.3) is 0 Å². The quantitative estimate of drug-likeness (QED) is 0.734. The molecule has 8 heteroatoms. The van der Waals surface area contributed by atoms with Crippen molar-refractivity contribution in [2.75, 3.05) is 5.32 Å². The van der Waals surface area contributed by atoms with Crippen LogP contribution in [0.1, 0.15) is 22.6 Å². The maximum atomic E-state index is 13.3. The highest BCUT2D eigenvalue weighted by Crippen LogP contribution is 2.22. The molecule has 136 valence electrons. The van der Waals surface area contributed by atoms with E-state index in [-0.39, 0.29) is 18.1 Å². The molecule has 2 heterocycles. The van der Waals surface area contributed by atoms with Gasteiger partial charge < -0.3 is 4.84 Å². The van der Waals surface area contributed by atoms with Crippen molar-refractivity contribution in [2.24, 2.45) is 5.16 Å². The molecule has 4 rings (SSSR count). The summed E-state index contributed by atoms with van der Waals surface area (Å²) in [5.41, 5.74) is 2.27. The zero-order valence-corrected chi connectivity index (χ0v) is 14.9. The zero-order chi connectivity index (χ0) is 18.6. The molecule has 6 nitrogen and oxygen atoms in total. The summed E-state index contributed by atoms with van der Waals surface area (Å²) in [6.45, 7) is 0. The Balaban J connectivity index is 1.35. The van der Waals surface area contributed by atoms with Crippen molar-refractivity contribution in [3.63, 3.8) is 0 Å². The number of anilines is 1. The van der Waals surface area contributed by atoms with Gasteiger partial charge in [0.1, 0.15) is 10.8 Å². The normalized spacial score (nSPS) is 15.9. The summed E-state index contributed by atoms with van der Waals surface area (Å²) >= 11 is 1.32. The summed E-state index contributed by atoms with van der Waals surface area (Å²) in [4.78, 5) is 17.6. The highest BCUT2D eigenvalue weighted by molar-refractivity contribution is 7.15. The number of carbonyl (C=O) groups is 1. The minimum Gasteiger partial charge on any atom is -0.382 e. The maximum absolute atomic E-state index is 13.3. The van der Waals surface area contributed by atoms with E-state index in [2.05, 4.69) is 20.7 Å². The Labute approximate surface area is 158 Å². The van der Waals surface area contributed by atoms with Crippen LogP contribution in [0.15, 0.2) is 59.8 Å². The lowest BCUT2D eigenvalue weighted by Gasteiger charge is -2.06. The van der Waals surface area contributed by atoms with E-state index in [9.17, 15) is 9.18 Å². The number of nitrogens with one attached hydrogen (secondary N) is 1. The van der Waals surface area contributed by atoms with Crippen LogP contribution in [-0.4, -0.2) is 27.9 Å². The van der Waals surface area contributed by atoms with Gasteiger partial charge in [-0.3, -0.25) is 10.1 Å². The first-order chi connectivity index (χ1) is 13.2. The Morgan fingerprint density at radius 1 is 1.19 bits per heavy atom. The Kier molecular flexibility index (Phi) is 4.88. The number of benzene rings is 2. The van der Waals surface area contributed by atoms with Crippen LogP contribution >= 0.6 is 11.3 Å². The van der Waals surface area contributed by atoms with Crippen molar-refractivity contribution < 1.29 is 14.0 Å². The van der Waals surface area contributed by atoms with E-state index in [4.69, 9.17) is 4.84 Å². The maximum Gasteiger partial charge on any atom is 0.270 e. The third kappa shape index (κ3) is 4.17. The molecule has 3 aromatic rings. The fourth-order valence-corrected chi connectivity index (χ4v) is 3.47. The second-order valence-corrected chi connectivity index (χ2v) is 7.06. The standard InChI is InChI=1S/C19H15FN4O2S/c20-14-8-4-7-13(10-14)15-11-16(26-24-15)18(25)21-19-23-22-17(27-19)9-12-5-2-1-3-6-12/h1-8,10,16H,9,11H2,(H,21,23,25). The molecular formula is C19H15FN4O2S. The number of aromatic nitrogens is 2. The minimum atomic E-state index is -0.773. The number of oxime groups is 1. The van der Waals surface area contributed by atoms with Crippen molar-refractivity contribution in [1.29, 1.82) is 0 Å². The SMILES string of the molecule is O=C(Nc1nnc(Cc2ccccc2)s1)C1CC(c2cccc(F)c2)=NO1. The van der Waals surface area contributed by atoms with Gasteiger partial charge in [-0.2, -0.15) is 0 Å². The topological polar surface area (TPSA) is 76.5 Å². The molecule has 0 fully saturated rings. The molecule has 2 aromatic carbocycles. The molecule has 0 bridgehead atoms. The highest BCUT2D eigenvalue weighted by atomic mass is 32.1. The average Bonchev–Trinajstić information content (AvgIpc) is 3.32. The van der Waals surface area contributed by atoms with Crippen LogP contribution in [0.5, 0.6) is 0 Å². The fraction of sp³-hybridized carbons (Fsp3) is 0.158. The molecule has 1 amide bonds. The number of rotatable bonds is 5. The zero-order valence-electron chi connectivity index (χ0n) is 14.1. The van der Waals surface area contributed by atoms with E-state index in [0.29, 0.717) is 22.8 Å². The molecule has 1 aliphatic rings. The third-order valence-corrected chi connectivity index (χ3v) is 4.85. The predicted octanol–water partition coefficient (Wildman–Crippen LogP) is 3.40. The Hall–Kier alpha value is -3.13. The number of halogens is 1. The molecule has 1 aromatic heterocycles. The second-order valence-electron chi connectivity index (χ2n) is 6.00. The van der Waals surface area contributed by atoms with Crippen molar-refractivity contribution >= 4 is 28.1 Å². The number of hydrogen-bond acceptors (Lipinski definition) is 6. The molecule has 0 spiro atoms. The molecule has 1 atom stereocenters. The molecule has 1 N–H and O–H groups in total. The van der Waals surface area contributed by atoms with E-state index < -0.39 is 6.10 Å².